The second kappa shape index (κ2) is 10.3. The number of carboxylic acid groups (broad SMARTS) is 1. The molecule has 0 aromatic carbocycles. The Labute approximate surface area is 98.0 Å². The molecule has 0 amide bonds. The molecule has 0 radical (unpaired) electrons. The van der Waals surface area contributed by atoms with Crippen LogP contribution in [0, 0.1) is 5.92 Å². The van der Waals surface area contributed by atoms with Crippen LogP contribution in [0.4, 0.5) is 0 Å². The minimum absolute atomic E-state index is 0.179. The van der Waals surface area contributed by atoms with Gasteiger partial charge in [-0.1, -0.05) is 45.4 Å². The molecule has 0 heterocycles. The largest absolute Gasteiger partial charge is 0.481 e. The number of carbonyl (C=O) groups is 1. The Hall–Kier alpha value is -0.240. The Morgan fingerprint density at radius 3 is 2.00 bits per heavy atom. The molecular weight excluding hydrogens is 212 g/mol. The predicted octanol–water partition coefficient (Wildman–Crippen LogP) is 4.07. The second-order valence-corrected chi connectivity index (χ2v) is 4.57. The molecule has 0 aliphatic carbocycles. The fourth-order valence-electron chi connectivity index (χ4n) is 1.55. The Kier molecular flexibility index (Phi) is 10.1. The van der Waals surface area contributed by atoms with Crippen molar-refractivity contribution in [3.8, 4) is 0 Å². The molecule has 2 nitrogen and oxygen atoms in total. The molecule has 0 saturated heterocycles. The summed E-state index contributed by atoms with van der Waals surface area (Å²) in [4.78, 5) is 10.5. The zero-order chi connectivity index (χ0) is 11.5. The Morgan fingerprint density at radius 1 is 1.07 bits per heavy atom. The van der Waals surface area contributed by atoms with Crippen LogP contribution in [-0.4, -0.2) is 17.0 Å². The van der Waals surface area contributed by atoms with Crippen molar-refractivity contribution >= 4 is 17.6 Å². The van der Waals surface area contributed by atoms with E-state index in [2.05, 4.69) is 0 Å². The highest BCUT2D eigenvalue weighted by Crippen LogP contribution is 2.12. The molecule has 0 aliphatic rings. The monoisotopic (exact) mass is 234 g/mol. The Balaban J connectivity index is 3.08. The third-order valence-electron chi connectivity index (χ3n) is 2.69. The number of unbranched alkanes of at least 4 members (excludes halogenated alkanes) is 6. The van der Waals surface area contributed by atoms with Gasteiger partial charge in [-0.05, 0) is 12.8 Å². The SMILES string of the molecule is CC(CCCCCCCCCCl)C(=O)O. The summed E-state index contributed by atoms with van der Waals surface area (Å²) >= 11 is 5.57. The summed E-state index contributed by atoms with van der Waals surface area (Å²) in [6.45, 7) is 1.78. The van der Waals surface area contributed by atoms with Crippen LogP contribution in [0.25, 0.3) is 0 Å². The maximum Gasteiger partial charge on any atom is 0.306 e. The molecule has 1 unspecified atom stereocenters. The molecule has 15 heavy (non-hydrogen) atoms. The van der Waals surface area contributed by atoms with Gasteiger partial charge in [0.15, 0.2) is 0 Å². The molecule has 3 heteroatoms. The molecule has 0 aromatic rings. The Bertz CT molecular complexity index is 160. The average Bonchev–Trinajstić information content (AvgIpc) is 2.21. The molecule has 0 rings (SSSR count). The number of hydrogen-bond acceptors (Lipinski definition) is 1. The summed E-state index contributed by atoms with van der Waals surface area (Å²) < 4.78 is 0. The first-order valence-corrected chi connectivity index (χ1v) is 6.50. The van der Waals surface area contributed by atoms with Crippen molar-refractivity contribution in [3.05, 3.63) is 0 Å². The Morgan fingerprint density at radius 2 is 1.53 bits per heavy atom. The molecule has 90 valence electrons. The van der Waals surface area contributed by atoms with Gasteiger partial charge in [0.1, 0.15) is 0 Å². The maximum atomic E-state index is 10.5. The van der Waals surface area contributed by atoms with Gasteiger partial charge in [0, 0.05) is 5.88 Å². The van der Waals surface area contributed by atoms with Gasteiger partial charge in [0.2, 0.25) is 0 Å². The summed E-state index contributed by atoms with van der Waals surface area (Å²) in [5.74, 6) is -0.0748. The van der Waals surface area contributed by atoms with Crippen LogP contribution in [0.2, 0.25) is 0 Å². The lowest BCUT2D eigenvalue weighted by molar-refractivity contribution is -0.141. The number of carboxylic acids is 1. The number of rotatable bonds is 10. The van der Waals surface area contributed by atoms with Gasteiger partial charge in [-0.25, -0.2) is 0 Å². The smallest absolute Gasteiger partial charge is 0.306 e. The van der Waals surface area contributed by atoms with Crippen molar-refractivity contribution in [1.82, 2.24) is 0 Å². The first kappa shape index (κ1) is 14.8. The summed E-state index contributed by atoms with van der Waals surface area (Å²) in [6.07, 6.45) is 9.14. The average molecular weight is 235 g/mol. The van der Waals surface area contributed by atoms with Gasteiger partial charge in [-0.2, -0.15) is 0 Å². The highest BCUT2D eigenvalue weighted by atomic mass is 35.5. The van der Waals surface area contributed by atoms with E-state index >= 15 is 0 Å². The fraction of sp³-hybridized carbons (Fsp3) is 0.917. The van der Waals surface area contributed by atoms with E-state index in [9.17, 15) is 4.79 Å². The molecule has 1 atom stereocenters. The lowest BCUT2D eigenvalue weighted by Gasteiger charge is -2.05. The lowest BCUT2D eigenvalue weighted by Crippen LogP contribution is -2.08. The van der Waals surface area contributed by atoms with Gasteiger partial charge >= 0.3 is 5.97 Å². The standard InChI is InChI=1S/C12H23ClO2/c1-11(12(14)15)9-7-5-3-2-4-6-8-10-13/h11H,2-10H2,1H3,(H,14,15). The number of halogens is 1. The van der Waals surface area contributed by atoms with E-state index < -0.39 is 5.97 Å². The van der Waals surface area contributed by atoms with Crippen LogP contribution in [-0.2, 0) is 4.79 Å². The highest BCUT2D eigenvalue weighted by molar-refractivity contribution is 6.17. The van der Waals surface area contributed by atoms with Crippen LogP contribution < -0.4 is 0 Å². The molecule has 1 N–H and O–H groups in total. The summed E-state index contributed by atoms with van der Waals surface area (Å²) in [5.41, 5.74) is 0. The van der Waals surface area contributed by atoms with E-state index in [1.807, 2.05) is 0 Å². The molecule has 0 fully saturated rings. The van der Waals surface area contributed by atoms with Crippen molar-refractivity contribution in [2.24, 2.45) is 5.92 Å². The summed E-state index contributed by atoms with van der Waals surface area (Å²) in [7, 11) is 0. The summed E-state index contributed by atoms with van der Waals surface area (Å²) in [5, 5.41) is 8.67. The zero-order valence-corrected chi connectivity index (χ0v) is 10.4. The number of hydrogen-bond donors (Lipinski definition) is 1. The first-order valence-electron chi connectivity index (χ1n) is 5.97. The molecular formula is C12H23ClO2. The third-order valence-corrected chi connectivity index (χ3v) is 2.96. The molecule has 0 bridgehead atoms. The quantitative estimate of drug-likeness (QED) is 0.457. The van der Waals surface area contributed by atoms with E-state index in [1.165, 1.54) is 32.1 Å². The van der Waals surface area contributed by atoms with Gasteiger partial charge in [-0.15, -0.1) is 11.6 Å². The molecule has 0 aromatic heterocycles. The third kappa shape index (κ3) is 10.1. The highest BCUT2D eigenvalue weighted by Gasteiger charge is 2.09. The van der Waals surface area contributed by atoms with Crippen LogP contribution in [0.1, 0.15) is 58.3 Å². The minimum Gasteiger partial charge on any atom is -0.481 e. The van der Waals surface area contributed by atoms with E-state index in [1.54, 1.807) is 6.92 Å². The number of aliphatic carboxylic acids is 1. The van der Waals surface area contributed by atoms with E-state index in [4.69, 9.17) is 16.7 Å². The van der Waals surface area contributed by atoms with Gasteiger partial charge in [-0.3, -0.25) is 4.79 Å². The van der Waals surface area contributed by atoms with Crippen LogP contribution in [0.3, 0.4) is 0 Å². The van der Waals surface area contributed by atoms with Gasteiger partial charge < -0.3 is 5.11 Å². The number of alkyl halides is 1. The van der Waals surface area contributed by atoms with Gasteiger partial charge in [0.05, 0.1) is 5.92 Å². The molecule has 0 aliphatic heterocycles. The van der Waals surface area contributed by atoms with Crippen LogP contribution in [0.5, 0.6) is 0 Å². The van der Waals surface area contributed by atoms with Crippen molar-refractivity contribution in [2.45, 2.75) is 58.3 Å². The minimum atomic E-state index is -0.669. The first-order chi connectivity index (χ1) is 7.18. The maximum absolute atomic E-state index is 10.5. The van der Waals surface area contributed by atoms with E-state index in [0.29, 0.717) is 0 Å². The lowest BCUT2D eigenvalue weighted by atomic mass is 10.0. The zero-order valence-electron chi connectivity index (χ0n) is 9.67. The molecule has 0 saturated carbocycles. The van der Waals surface area contributed by atoms with Crippen molar-refractivity contribution in [2.75, 3.05) is 5.88 Å². The van der Waals surface area contributed by atoms with Crippen molar-refractivity contribution in [1.29, 1.82) is 0 Å². The molecule has 0 spiro atoms. The second-order valence-electron chi connectivity index (χ2n) is 4.19. The van der Waals surface area contributed by atoms with Crippen molar-refractivity contribution < 1.29 is 9.90 Å². The fourth-order valence-corrected chi connectivity index (χ4v) is 1.74. The van der Waals surface area contributed by atoms with Crippen LogP contribution in [0.15, 0.2) is 0 Å². The summed E-state index contributed by atoms with van der Waals surface area (Å²) in [6, 6.07) is 0. The van der Waals surface area contributed by atoms with Gasteiger partial charge in [0.25, 0.3) is 0 Å². The van der Waals surface area contributed by atoms with Crippen LogP contribution >= 0.6 is 11.6 Å². The van der Waals surface area contributed by atoms with Crippen molar-refractivity contribution in [3.63, 3.8) is 0 Å². The predicted molar refractivity (Wildman–Crippen MR) is 64.5 cm³/mol. The van der Waals surface area contributed by atoms with E-state index in [0.717, 1.165) is 25.1 Å². The normalized spacial score (nSPS) is 12.7. The topological polar surface area (TPSA) is 37.3 Å². The van der Waals surface area contributed by atoms with E-state index in [-0.39, 0.29) is 5.92 Å².